The number of guanidine groups is 1. The van der Waals surface area contributed by atoms with Crippen molar-refractivity contribution in [3.8, 4) is 0 Å². The van der Waals surface area contributed by atoms with Crippen LogP contribution in [-0.2, 0) is 4.74 Å². The molecule has 138 valence electrons. The lowest BCUT2D eigenvalue weighted by atomic mass is 10.2. The van der Waals surface area contributed by atoms with E-state index in [1.54, 1.807) is 14.2 Å². The van der Waals surface area contributed by atoms with Crippen LogP contribution < -0.4 is 10.6 Å². The monoisotopic (exact) mass is 450 g/mol. The maximum atomic E-state index is 5.88. The van der Waals surface area contributed by atoms with Crippen molar-refractivity contribution in [1.29, 1.82) is 0 Å². The Balaban J connectivity index is 0.00000288. The number of methoxy groups -OCH3 is 1. The van der Waals surface area contributed by atoms with Crippen molar-refractivity contribution >= 4 is 29.9 Å². The highest BCUT2D eigenvalue weighted by molar-refractivity contribution is 14.0. The van der Waals surface area contributed by atoms with Crippen LogP contribution in [0, 0.1) is 6.92 Å². The molecule has 2 atom stereocenters. The lowest BCUT2D eigenvalue weighted by molar-refractivity contribution is 0.178. The van der Waals surface area contributed by atoms with Gasteiger partial charge < -0.3 is 19.8 Å². The van der Waals surface area contributed by atoms with Crippen molar-refractivity contribution in [2.45, 2.75) is 38.8 Å². The first-order valence-electron chi connectivity index (χ1n) is 8.40. The van der Waals surface area contributed by atoms with Crippen molar-refractivity contribution in [1.82, 2.24) is 15.5 Å². The Kier molecular flexibility index (Phi) is 9.68. The molecule has 0 aromatic carbocycles. The Morgan fingerprint density at radius 3 is 2.62 bits per heavy atom. The van der Waals surface area contributed by atoms with Crippen LogP contribution in [0.3, 0.4) is 0 Å². The Morgan fingerprint density at radius 2 is 2.08 bits per heavy atom. The Labute approximate surface area is 162 Å². The molecule has 1 fully saturated rings. The van der Waals surface area contributed by atoms with Crippen molar-refractivity contribution in [2.24, 2.45) is 4.99 Å². The molecule has 1 aromatic heterocycles. The fourth-order valence-corrected chi connectivity index (χ4v) is 3.01. The summed E-state index contributed by atoms with van der Waals surface area (Å²) in [4.78, 5) is 6.78. The van der Waals surface area contributed by atoms with E-state index >= 15 is 0 Å². The Bertz CT molecular complexity index is 501. The molecule has 1 saturated heterocycles. The SMILES string of the molecule is CN=C(NCC(c1ccc(C)o1)N1CCCC1)NC(C)COC.I. The van der Waals surface area contributed by atoms with Gasteiger partial charge in [-0.2, -0.15) is 0 Å². The molecule has 0 amide bonds. The molecule has 1 aliphatic rings. The molecule has 2 rings (SSSR count). The van der Waals surface area contributed by atoms with Gasteiger partial charge in [-0.25, -0.2) is 0 Å². The van der Waals surface area contributed by atoms with Gasteiger partial charge in [0.2, 0.25) is 0 Å². The van der Waals surface area contributed by atoms with E-state index in [1.165, 1.54) is 12.8 Å². The van der Waals surface area contributed by atoms with E-state index in [0.717, 1.165) is 37.1 Å². The highest BCUT2D eigenvalue weighted by Crippen LogP contribution is 2.26. The number of rotatable bonds is 7. The molecular weight excluding hydrogens is 419 g/mol. The zero-order chi connectivity index (χ0) is 16.7. The van der Waals surface area contributed by atoms with Crippen molar-refractivity contribution < 1.29 is 9.15 Å². The van der Waals surface area contributed by atoms with E-state index in [-0.39, 0.29) is 36.1 Å². The van der Waals surface area contributed by atoms with Crippen molar-refractivity contribution in [3.05, 3.63) is 23.7 Å². The lowest BCUT2D eigenvalue weighted by Crippen LogP contribution is -2.46. The van der Waals surface area contributed by atoms with Crippen molar-refractivity contribution in [2.75, 3.05) is 40.4 Å². The summed E-state index contributed by atoms with van der Waals surface area (Å²) < 4.78 is 11.0. The summed E-state index contributed by atoms with van der Waals surface area (Å²) in [6.07, 6.45) is 2.52. The number of nitrogens with one attached hydrogen (secondary N) is 2. The molecule has 24 heavy (non-hydrogen) atoms. The van der Waals surface area contributed by atoms with E-state index in [9.17, 15) is 0 Å². The standard InChI is InChI=1S/C17H30N4O2.HI/c1-13(12-22-4)20-17(18-3)19-11-15(21-9-5-6-10-21)16-8-7-14(2)23-16;/h7-8,13,15H,5-6,9-12H2,1-4H3,(H2,18,19,20);1H. The summed E-state index contributed by atoms with van der Waals surface area (Å²) in [6.45, 7) is 7.73. The Morgan fingerprint density at radius 1 is 1.38 bits per heavy atom. The van der Waals surface area contributed by atoms with E-state index in [0.29, 0.717) is 6.61 Å². The van der Waals surface area contributed by atoms with Crippen LogP contribution in [0.4, 0.5) is 0 Å². The number of ether oxygens (including phenoxy) is 1. The quantitative estimate of drug-likeness (QED) is 0.380. The maximum absolute atomic E-state index is 5.88. The number of nitrogens with zero attached hydrogens (tertiary/aromatic N) is 2. The first-order chi connectivity index (χ1) is 11.1. The summed E-state index contributed by atoms with van der Waals surface area (Å²) in [5, 5.41) is 6.76. The van der Waals surface area contributed by atoms with Crippen LogP contribution in [0.5, 0.6) is 0 Å². The minimum atomic E-state index is 0. The van der Waals surface area contributed by atoms with Gasteiger partial charge in [0, 0.05) is 26.7 Å². The second-order valence-electron chi connectivity index (χ2n) is 6.16. The number of hydrogen-bond acceptors (Lipinski definition) is 4. The minimum absolute atomic E-state index is 0. The molecule has 0 bridgehead atoms. The van der Waals surface area contributed by atoms with Crippen molar-refractivity contribution in [3.63, 3.8) is 0 Å². The molecular formula is C17H31IN4O2. The number of aliphatic imine (C=N–C) groups is 1. The van der Waals surface area contributed by atoms with Gasteiger partial charge in [0.15, 0.2) is 5.96 Å². The second-order valence-corrected chi connectivity index (χ2v) is 6.16. The molecule has 1 aromatic rings. The smallest absolute Gasteiger partial charge is 0.191 e. The summed E-state index contributed by atoms with van der Waals surface area (Å²) in [6, 6.07) is 4.57. The summed E-state index contributed by atoms with van der Waals surface area (Å²) >= 11 is 0. The van der Waals surface area contributed by atoms with Gasteiger partial charge in [-0.1, -0.05) is 0 Å². The first kappa shape index (κ1) is 21.2. The number of aryl methyl sites for hydroxylation is 1. The molecule has 0 saturated carbocycles. The zero-order valence-corrected chi connectivity index (χ0v) is 17.5. The van der Waals surface area contributed by atoms with E-state index in [4.69, 9.17) is 9.15 Å². The second kappa shape index (κ2) is 10.9. The molecule has 2 N–H and O–H groups in total. The molecule has 0 radical (unpaired) electrons. The maximum Gasteiger partial charge on any atom is 0.191 e. The Hall–Kier alpha value is -0.800. The van der Waals surface area contributed by atoms with Gasteiger partial charge in [-0.05, 0) is 51.9 Å². The largest absolute Gasteiger partial charge is 0.465 e. The number of hydrogen-bond donors (Lipinski definition) is 2. The van der Waals surface area contributed by atoms with E-state index in [2.05, 4.69) is 33.5 Å². The van der Waals surface area contributed by atoms with E-state index in [1.807, 2.05) is 13.0 Å². The summed E-state index contributed by atoms with van der Waals surface area (Å²) in [5.74, 6) is 2.78. The zero-order valence-electron chi connectivity index (χ0n) is 15.2. The number of halogens is 1. The predicted molar refractivity (Wildman–Crippen MR) is 108 cm³/mol. The molecule has 0 spiro atoms. The van der Waals surface area contributed by atoms with Gasteiger partial charge in [0.05, 0.1) is 12.6 Å². The lowest BCUT2D eigenvalue weighted by Gasteiger charge is -2.27. The topological polar surface area (TPSA) is 62.0 Å². The fraction of sp³-hybridized carbons (Fsp3) is 0.706. The number of likely N-dealkylation sites (tertiary alicyclic amines) is 1. The molecule has 0 aliphatic carbocycles. The molecule has 1 aliphatic heterocycles. The molecule has 6 nitrogen and oxygen atoms in total. The van der Waals surface area contributed by atoms with Crippen LogP contribution >= 0.6 is 24.0 Å². The highest BCUT2D eigenvalue weighted by atomic mass is 127. The van der Waals surface area contributed by atoms with Crippen LogP contribution in [0.15, 0.2) is 21.5 Å². The van der Waals surface area contributed by atoms with Gasteiger partial charge in [0.1, 0.15) is 11.5 Å². The number of furan rings is 1. The highest BCUT2D eigenvalue weighted by Gasteiger charge is 2.26. The minimum Gasteiger partial charge on any atom is -0.465 e. The molecule has 7 heteroatoms. The van der Waals surface area contributed by atoms with Gasteiger partial charge in [-0.3, -0.25) is 9.89 Å². The van der Waals surface area contributed by atoms with Crippen LogP contribution in [0.1, 0.15) is 37.3 Å². The average Bonchev–Trinajstić information content (AvgIpc) is 3.19. The molecule has 2 unspecified atom stereocenters. The molecule has 2 heterocycles. The van der Waals surface area contributed by atoms with Crippen LogP contribution in [0.2, 0.25) is 0 Å². The third-order valence-corrected chi connectivity index (χ3v) is 4.16. The average molecular weight is 450 g/mol. The van der Waals surface area contributed by atoms with Gasteiger partial charge >= 0.3 is 0 Å². The first-order valence-corrected chi connectivity index (χ1v) is 8.40. The van der Waals surface area contributed by atoms with Crippen LogP contribution in [-0.4, -0.2) is 57.3 Å². The van der Waals surface area contributed by atoms with E-state index < -0.39 is 0 Å². The van der Waals surface area contributed by atoms with Gasteiger partial charge in [0.25, 0.3) is 0 Å². The summed E-state index contributed by atoms with van der Waals surface area (Å²) in [5.41, 5.74) is 0. The third kappa shape index (κ3) is 6.25. The normalized spacial score (nSPS) is 18.1. The summed E-state index contributed by atoms with van der Waals surface area (Å²) in [7, 11) is 3.49. The van der Waals surface area contributed by atoms with Crippen LogP contribution in [0.25, 0.3) is 0 Å². The predicted octanol–water partition coefficient (Wildman–Crippen LogP) is 2.54. The third-order valence-electron chi connectivity index (χ3n) is 4.16. The fourth-order valence-electron chi connectivity index (χ4n) is 3.01. The van der Waals surface area contributed by atoms with Gasteiger partial charge in [-0.15, -0.1) is 24.0 Å².